The molecule has 0 fully saturated rings. The number of amides is 1. The summed E-state index contributed by atoms with van der Waals surface area (Å²) in [7, 11) is 1.74. The van der Waals surface area contributed by atoms with Gasteiger partial charge in [-0.2, -0.15) is 0 Å². The Morgan fingerprint density at radius 2 is 2.33 bits per heavy atom. The van der Waals surface area contributed by atoms with E-state index in [-0.39, 0.29) is 17.8 Å². The van der Waals surface area contributed by atoms with Crippen LogP contribution in [-0.4, -0.2) is 24.0 Å². The third-order valence-corrected chi connectivity index (χ3v) is 3.15. The van der Waals surface area contributed by atoms with Crippen molar-refractivity contribution in [3.63, 3.8) is 0 Å². The van der Waals surface area contributed by atoms with Crippen molar-refractivity contribution in [1.29, 1.82) is 0 Å². The molecule has 0 aliphatic carbocycles. The number of hydrogen-bond donors (Lipinski definition) is 3. The van der Waals surface area contributed by atoms with Crippen LogP contribution in [0.2, 0.25) is 0 Å². The lowest BCUT2D eigenvalue weighted by Gasteiger charge is -2.09. The molecule has 0 radical (unpaired) electrons. The molecule has 0 saturated carbocycles. The number of anilines is 2. The highest BCUT2D eigenvalue weighted by Gasteiger charge is 2.16. The third-order valence-electron chi connectivity index (χ3n) is 2.06. The molecule has 1 rings (SSSR count). The molecule has 1 aromatic rings. The molecule has 0 aromatic carbocycles. The van der Waals surface area contributed by atoms with Crippen molar-refractivity contribution in [2.75, 3.05) is 18.1 Å². The number of nitrogens with one attached hydrogen (secondary N) is 2. The molecule has 0 bridgehead atoms. The highest BCUT2D eigenvalue weighted by Crippen LogP contribution is 2.24. The Kier molecular flexibility index (Phi) is 3.90. The van der Waals surface area contributed by atoms with E-state index in [9.17, 15) is 4.79 Å². The second kappa shape index (κ2) is 4.97. The first-order valence-corrected chi connectivity index (χ1v) is 5.65. The van der Waals surface area contributed by atoms with Gasteiger partial charge in [-0.3, -0.25) is 4.79 Å². The van der Waals surface area contributed by atoms with Gasteiger partial charge in [0.25, 0.3) is 5.91 Å². The fraction of sp³-hybridized carbons (Fsp3) is 0.556. The van der Waals surface area contributed by atoms with Crippen molar-refractivity contribution >= 4 is 28.2 Å². The SMILES string of the molecule is CCC(C)NC(=O)c1sc(NC)nc1N. The first kappa shape index (κ1) is 11.8. The standard InChI is InChI=1S/C9H16N4OS/c1-4-5(2)12-8(14)6-7(10)13-9(11-3)15-6/h5H,4,10H2,1-3H3,(H,11,13)(H,12,14). The highest BCUT2D eigenvalue weighted by atomic mass is 32.1. The van der Waals surface area contributed by atoms with Crippen LogP contribution in [0.5, 0.6) is 0 Å². The largest absolute Gasteiger partial charge is 0.382 e. The summed E-state index contributed by atoms with van der Waals surface area (Å²) in [5, 5.41) is 6.36. The Balaban J connectivity index is 2.77. The predicted octanol–water partition coefficient (Wildman–Crippen LogP) is 1.30. The molecular weight excluding hydrogens is 212 g/mol. The second-order valence-corrected chi connectivity index (χ2v) is 4.27. The van der Waals surface area contributed by atoms with Crippen molar-refractivity contribution in [2.45, 2.75) is 26.3 Å². The lowest BCUT2D eigenvalue weighted by atomic mass is 10.2. The van der Waals surface area contributed by atoms with Gasteiger partial charge in [-0.1, -0.05) is 18.3 Å². The van der Waals surface area contributed by atoms with Crippen LogP contribution in [-0.2, 0) is 0 Å². The second-order valence-electron chi connectivity index (χ2n) is 3.27. The van der Waals surface area contributed by atoms with Crippen molar-refractivity contribution in [2.24, 2.45) is 0 Å². The smallest absolute Gasteiger partial charge is 0.265 e. The maximum absolute atomic E-state index is 11.7. The lowest BCUT2D eigenvalue weighted by molar-refractivity contribution is 0.0944. The van der Waals surface area contributed by atoms with E-state index < -0.39 is 0 Å². The fourth-order valence-electron chi connectivity index (χ4n) is 0.993. The summed E-state index contributed by atoms with van der Waals surface area (Å²) in [6, 6.07) is 0.150. The fourth-order valence-corrected chi connectivity index (χ4v) is 1.73. The molecule has 15 heavy (non-hydrogen) atoms. The maximum atomic E-state index is 11.7. The molecular formula is C9H16N4OS. The minimum absolute atomic E-state index is 0.150. The summed E-state index contributed by atoms with van der Waals surface area (Å²) in [6.07, 6.45) is 0.892. The van der Waals surface area contributed by atoms with Gasteiger partial charge in [0, 0.05) is 13.1 Å². The van der Waals surface area contributed by atoms with Crippen molar-refractivity contribution in [3.8, 4) is 0 Å². The van der Waals surface area contributed by atoms with Crippen LogP contribution in [0.15, 0.2) is 0 Å². The monoisotopic (exact) mass is 228 g/mol. The van der Waals surface area contributed by atoms with E-state index in [0.717, 1.165) is 6.42 Å². The Morgan fingerprint density at radius 1 is 1.67 bits per heavy atom. The van der Waals surface area contributed by atoms with Crippen molar-refractivity contribution in [1.82, 2.24) is 10.3 Å². The number of thiazole rings is 1. The van der Waals surface area contributed by atoms with Crippen LogP contribution in [0.25, 0.3) is 0 Å². The summed E-state index contributed by atoms with van der Waals surface area (Å²) >= 11 is 1.26. The Labute approximate surface area is 93.1 Å². The topological polar surface area (TPSA) is 80.0 Å². The van der Waals surface area contributed by atoms with Crippen LogP contribution < -0.4 is 16.4 Å². The van der Waals surface area contributed by atoms with Crippen LogP contribution in [0, 0.1) is 0 Å². The van der Waals surface area contributed by atoms with Crippen LogP contribution in [0.1, 0.15) is 29.9 Å². The van der Waals surface area contributed by atoms with Crippen molar-refractivity contribution in [3.05, 3.63) is 4.88 Å². The normalized spacial score (nSPS) is 12.2. The molecule has 4 N–H and O–H groups in total. The predicted molar refractivity (Wildman–Crippen MR) is 63.3 cm³/mol. The molecule has 84 valence electrons. The Bertz CT molecular complexity index is 350. The van der Waals surface area contributed by atoms with Gasteiger partial charge >= 0.3 is 0 Å². The summed E-state index contributed by atoms with van der Waals surface area (Å²) in [6.45, 7) is 3.97. The van der Waals surface area contributed by atoms with Crippen LogP contribution in [0.4, 0.5) is 10.9 Å². The zero-order valence-electron chi connectivity index (χ0n) is 9.13. The Morgan fingerprint density at radius 3 is 2.80 bits per heavy atom. The van der Waals surface area contributed by atoms with Gasteiger partial charge < -0.3 is 16.4 Å². The first-order chi connectivity index (χ1) is 7.08. The molecule has 6 heteroatoms. The van der Waals surface area contributed by atoms with Gasteiger partial charge in [-0.25, -0.2) is 4.98 Å². The molecule has 1 unspecified atom stereocenters. The number of aromatic nitrogens is 1. The van der Waals surface area contributed by atoms with Crippen molar-refractivity contribution < 1.29 is 4.79 Å². The van der Waals surface area contributed by atoms with E-state index in [4.69, 9.17) is 5.73 Å². The molecule has 0 saturated heterocycles. The van der Waals surface area contributed by atoms with E-state index in [1.54, 1.807) is 7.05 Å². The average molecular weight is 228 g/mol. The van der Waals surface area contributed by atoms with Gasteiger partial charge in [-0.05, 0) is 13.3 Å². The van der Waals surface area contributed by atoms with Crippen LogP contribution >= 0.6 is 11.3 Å². The zero-order chi connectivity index (χ0) is 11.4. The van der Waals surface area contributed by atoms with Gasteiger partial charge in [0.15, 0.2) is 5.13 Å². The molecule has 0 aliphatic rings. The maximum Gasteiger partial charge on any atom is 0.265 e. The number of hydrogen-bond acceptors (Lipinski definition) is 5. The van der Waals surface area contributed by atoms with E-state index >= 15 is 0 Å². The van der Waals surface area contributed by atoms with Crippen LogP contribution in [0.3, 0.4) is 0 Å². The molecule has 0 aliphatic heterocycles. The molecule has 1 aromatic heterocycles. The molecule has 1 amide bonds. The number of carbonyl (C=O) groups is 1. The molecule has 1 heterocycles. The van der Waals surface area contributed by atoms with E-state index in [1.807, 2.05) is 13.8 Å². The first-order valence-electron chi connectivity index (χ1n) is 4.83. The number of nitrogens with zero attached hydrogens (tertiary/aromatic N) is 1. The average Bonchev–Trinajstić information content (AvgIpc) is 2.59. The summed E-state index contributed by atoms with van der Waals surface area (Å²) in [4.78, 5) is 16.2. The zero-order valence-corrected chi connectivity index (χ0v) is 9.94. The minimum atomic E-state index is -0.152. The molecule has 1 atom stereocenters. The van der Waals surface area contributed by atoms with Gasteiger partial charge in [-0.15, -0.1) is 0 Å². The number of rotatable bonds is 4. The number of carbonyl (C=O) groups excluding carboxylic acids is 1. The van der Waals surface area contributed by atoms with E-state index in [0.29, 0.717) is 10.0 Å². The molecule has 0 spiro atoms. The summed E-state index contributed by atoms with van der Waals surface area (Å²) in [5.74, 6) is 0.131. The summed E-state index contributed by atoms with van der Waals surface area (Å²) < 4.78 is 0. The van der Waals surface area contributed by atoms with Gasteiger partial charge in [0.1, 0.15) is 10.7 Å². The van der Waals surface area contributed by atoms with E-state index in [2.05, 4.69) is 15.6 Å². The van der Waals surface area contributed by atoms with Gasteiger partial charge in [0.2, 0.25) is 0 Å². The Hall–Kier alpha value is -1.30. The minimum Gasteiger partial charge on any atom is -0.382 e. The summed E-state index contributed by atoms with van der Waals surface area (Å²) in [5.41, 5.74) is 5.63. The third kappa shape index (κ3) is 2.82. The quantitative estimate of drug-likeness (QED) is 0.725. The van der Waals surface area contributed by atoms with E-state index in [1.165, 1.54) is 11.3 Å². The highest BCUT2D eigenvalue weighted by molar-refractivity contribution is 7.18. The number of nitrogen functional groups attached to an aromatic ring is 1. The van der Waals surface area contributed by atoms with Gasteiger partial charge in [0.05, 0.1) is 0 Å². The number of nitrogens with two attached hydrogens (primary N) is 1. The molecule has 5 nitrogen and oxygen atoms in total. The lowest BCUT2D eigenvalue weighted by Crippen LogP contribution is -2.31.